The molecule has 0 radical (unpaired) electrons. The number of hydrogen-bond acceptors (Lipinski definition) is 4. The van der Waals surface area contributed by atoms with Crippen molar-refractivity contribution < 1.29 is 20.1 Å². The van der Waals surface area contributed by atoms with Gasteiger partial charge in [0.15, 0.2) is 0 Å². The number of carbonyl (C=O) groups is 1. The van der Waals surface area contributed by atoms with Crippen LogP contribution in [0.5, 0.6) is 0 Å². The Morgan fingerprint density at radius 3 is 2.58 bits per heavy atom. The van der Waals surface area contributed by atoms with E-state index in [0.717, 1.165) is 6.42 Å². The topological polar surface area (TPSA) is 81.0 Å². The summed E-state index contributed by atoms with van der Waals surface area (Å²) in [4.78, 5) is 13.5. The monoisotopic (exact) mass is 273 g/mol. The summed E-state index contributed by atoms with van der Waals surface area (Å²) in [7, 11) is 0. The molecule has 0 spiro atoms. The molecule has 1 heterocycles. The summed E-state index contributed by atoms with van der Waals surface area (Å²) < 4.78 is 0. The van der Waals surface area contributed by atoms with Crippen molar-refractivity contribution in [3.8, 4) is 0 Å². The molecule has 0 saturated carbocycles. The van der Waals surface area contributed by atoms with Crippen LogP contribution in [0.1, 0.15) is 39.5 Å². The largest absolute Gasteiger partial charge is 0.396 e. The number of carbonyl (C=O) groups excluding carboxylic acids is 1. The Morgan fingerprint density at radius 2 is 2.00 bits per heavy atom. The van der Waals surface area contributed by atoms with E-state index in [-0.39, 0.29) is 31.9 Å². The SMILES string of the molecule is CC(C)CC1CC(=O)N(C[C@H](O)CC(O)CCO)C1. The van der Waals surface area contributed by atoms with Crippen LogP contribution in [0.3, 0.4) is 0 Å². The van der Waals surface area contributed by atoms with Crippen molar-refractivity contribution in [3.05, 3.63) is 0 Å². The van der Waals surface area contributed by atoms with E-state index < -0.39 is 12.2 Å². The number of aliphatic hydroxyl groups excluding tert-OH is 3. The summed E-state index contributed by atoms with van der Waals surface area (Å²) in [6, 6.07) is 0. The number of nitrogens with zero attached hydrogens (tertiary/aromatic N) is 1. The Hall–Kier alpha value is -0.650. The van der Waals surface area contributed by atoms with Crippen molar-refractivity contribution in [1.29, 1.82) is 0 Å². The van der Waals surface area contributed by atoms with E-state index in [1.807, 2.05) is 0 Å². The molecule has 1 aliphatic heterocycles. The normalized spacial score (nSPS) is 23.2. The number of likely N-dealkylation sites (tertiary alicyclic amines) is 1. The predicted molar refractivity (Wildman–Crippen MR) is 72.5 cm³/mol. The van der Waals surface area contributed by atoms with Gasteiger partial charge in [-0.2, -0.15) is 0 Å². The average Bonchev–Trinajstić information content (AvgIpc) is 2.57. The molecule has 1 amide bonds. The molecule has 3 N–H and O–H groups in total. The summed E-state index contributed by atoms with van der Waals surface area (Å²) >= 11 is 0. The molecule has 5 heteroatoms. The maximum atomic E-state index is 11.8. The van der Waals surface area contributed by atoms with Crippen molar-refractivity contribution in [2.24, 2.45) is 11.8 Å². The van der Waals surface area contributed by atoms with Gasteiger partial charge >= 0.3 is 0 Å². The third-order valence-electron chi connectivity index (χ3n) is 3.54. The molecule has 0 aromatic rings. The van der Waals surface area contributed by atoms with Crippen LogP contribution in [0, 0.1) is 11.8 Å². The fourth-order valence-electron chi connectivity index (χ4n) is 2.76. The number of β-amino-alcohol motifs (C(OH)–C–C–N with tert-alkyl or cyclic N) is 1. The molecule has 2 unspecified atom stereocenters. The lowest BCUT2D eigenvalue weighted by molar-refractivity contribution is -0.129. The van der Waals surface area contributed by atoms with Gasteiger partial charge in [0.05, 0.1) is 12.2 Å². The molecule has 5 nitrogen and oxygen atoms in total. The first kappa shape index (κ1) is 16.4. The minimum atomic E-state index is -0.719. The van der Waals surface area contributed by atoms with Crippen LogP contribution in [0.4, 0.5) is 0 Å². The highest BCUT2D eigenvalue weighted by molar-refractivity contribution is 5.78. The van der Waals surface area contributed by atoms with E-state index in [0.29, 0.717) is 24.8 Å². The lowest BCUT2D eigenvalue weighted by Crippen LogP contribution is -2.35. The van der Waals surface area contributed by atoms with E-state index in [2.05, 4.69) is 13.8 Å². The van der Waals surface area contributed by atoms with E-state index >= 15 is 0 Å². The van der Waals surface area contributed by atoms with Crippen molar-refractivity contribution in [2.45, 2.75) is 51.7 Å². The van der Waals surface area contributed by atoms with E-state index in [1.165, 1.54) is 0 Å². The molecule has 1 rings (SSSR count). The van der Waals surface area contributed by atoms with Crippen molar-refractivity contribution >= 4 is 5.91 Å². The van der Waals surface area contributed by atoms with Crippen molar-refractivity contribution in [3.63, 3.8) is 0 Å². The van der Waals surface area contributed by atoms with Crippen LogP contribution in [-0.4, -0.2) is 58.0 Å². The quantitative estimate of drug-likeness (QED) is 0.597. The Bertz CT molecular complexity index is 283. The molecule has 0 bridgehead atoms. The van der Waals surface area contributed by atoms with Crippen LogP contribution in [0.2, 0.25) is 0 Å². The van der Waals surface area contributed by atoms with Gasteiger partial charge in [-0.1, -0.05) is 13.8 Å². The smallest absolute Gasteiger partial charge is 0.223 e. The van der Waals surface area contributed by atoms with E-state index in [1.54, 1.807) is 4.90 Å². The first-order chi connectivity index (χ1) is 8.92. The van der Waals surface area contributed by atoms with Gasteiger partial charge in [-0.3, -0.25) is 4.79 Å². The Balaban J connectivity index is 2.34. The molecule has 0 aliphatic carbocycles. The summed E-state index contributed by atoms with van der Waals surface area (Å²) in [6.07, 6.45) is 0.655. The van der Waals surface area contributed by atoms with Crippen LogP contribution in [-0.2, 0) is 4.79 Å². The Kier molecular flexibility index (Phi) is 6.75. The maximum absolute atomic E-state index is 11.8. The maximum Gasteiger partial charge on any atom is 0.223 e. The van der Waals surface area contributed by atoms with Gasteiger partial charge in [0, 0.05) is 32.5 Å². The first-order valence-electron chi connectivity index (χ1n) is 7.17. The van der Waals surface area contributed by atoms with E-state index in [9.17, 15) is 15.0 Å². The van der Waals surface area contributed by atoms with Crippen LogP contribution in [0.25, 0.3) is 0 Å². The molecule has 3 atom stereocenters. The van der Waals surface area contributed by atoms with Crippen molar-refractivity contribution in [1.82, 2.24) is 4.90 Å². The molecule has 112 valence electrons. The number of aliphatic hydroxyl groups is 3. The zero-order valence-electron chi connectivity index (χ0n) is 12.0. The molecule has 1 saturated heterocycles. The number of rotatable bonds is 8. The molecule has 19 heavy (non-hydrogen) atoms. The first-order valence-corrected chi connectivity index (χ1v) is 7.17. The molecule has 0 aromatic heterocycles. The van der Waals surface area contributed by atoms with Gasteiger partial charge < -0.3 is 20.2 Å². The van der Waals surface area contributed by atoms with Gasteiger partial charge in [0.1, 0.15) is 0 Å². The van der Waals surface area contributed by atoms with Crippen LogP contribution in [0.15, 0.2) is 0 Å². The summed E-state index contributed by atoms with van der Waals surface area (Å²) in [6.45, 7) is 5.20. The van der Waals surface area contributed by atoms with Gasteiger partial charge in [0.25, 0.3) is 0 Å². The summed E-state index contributed by atoms with van der Waals surface area (Å²) in [5, 5.41) is 28.1. The van der Waals surface area contributed by atoms with Gasteiger partial charge in [-0.25, -0.2) is 0 Å². The van der Waals surface area contributed by atoms with Crippen LogP contribution < -0.4 is 0 Å². The highest BCUT2D eigenvalue weighted by Crippen LogP contribution is 2.24. The standard InChI is InChI=1S/C14H27NO4/c1-10(2)5-11-6-14(19)15(8-11)9-13(18)7-12(17)3-4-16/h10-13,16-18H,3-9H2,1-2H3/t11?,12?,13-/m1/s1. The third kappa shape index (κ3) is 5.89. The van der Waals surface area contributed by atoms with Gasteiger partial charge in [0.2, 0.25) is 5.91 Å². The number of amides is 1. The van der Waals surface area contributed by atoms with E-state index in [4.69, 9.17) is 5.11 Å². The lowest BCUT2D eigenvalue weighted by Gasteiger charge is -2.22. The fourth-order valence-corrected chi connectivity index (χ4v) is 2.76. The predicted octanol–water partition coefficient (Wildman–Crippen LogP) is 0.375. The molecular formula is C14H27NO4. The summed E-state index contributed by atoms with van der Waals surface area (Å²) in [5.74, 6) is 1.07. The zero-order chi connectivity index (χ0) is 14.4. The highest BCUT2D eigenvalue weighted by atomic mass is 16.3. The highest BCUT2D eigenvalue weighted by Gasteiger charge is 2.31. The molecule has 1 aliphatic rings. The van der Waals surface area contributed by atoms with Gasteiger partial charge in [-0.15, -0.1) is 0 Å². The second-order valence-electron chi connectivity index (χ2n) is 6.05. The second-order valence-corrected chi connectivity index (χ2v) is 6.05. The lowest BCUT2D eigenvalue weighted by atomic mass is 9.96. The Morgan fingerprint density at radius 1 is 1.32 bits per heavy atom. The fraction of sp³-hybridized carbons (Fsp3) is 0.929. The van der Waals surface area contributed by atoms with Crippen LogP contribution >= 0.6 is 0 Å². The zero-order valence-corrected chi connectivity index (χ0v) is 12.0. The third-order valence-corrected chi connectivity index (χ3v) is 3.54. The Labute approximate surface area is 115 Å². The minimum absolute atomic E-state index is 0.0903. The number of hydrogen-bond donors (Lipinski definition) is 3. The van der Waals surface area contributed by atoms with Crippen molar-refractivity contribution in [2.75, 3.05) is 19.7 Å². The average molecular weight is 273 g/mol. The second kappa shape index (κ2) is 7.82. The molecule has 0 aromatic carbocycles. The summed E-state index contributed by atoms with van der Waals surface area (Å²) in [5.41, 5.74) is 0. The minimum Gasteiger partial charge on any atom is -0.396 e. The molecular weight excluding hydrogens is 246 g/mol. The van der Waals surface area contributed by atoms with Gasteiger partial charge in [-0.05, 0) is 24.7 Å². The molecule has 1 fully saturated rings.